The minimum absolute atomic E-state index is 0.0682. The van der Waals surface area contributed by atoms with Crippen molar-refractivity contribution in [3.63, 3.8) is 0 Å². The Kier molecular flexibility index (Phi) is 4.36. The number of hydrogen-bond acceptors (Lipinski definition) is 2. The molecule has 0 unspecified atom stereocenters. The van der Waals surface area contributed by atoms with Crippen LogP contribution in [-0.2, 0) is 10.0 Å². The highest BCUT2D eigenvalue weighted by atomic mass is 32.2. The molecule has 0 atom stereocenters. The third kappa shape index (κ3) is 3.68. The van der Waals surface area contributed by atoms with Crippen molar-refractivity contribution in [1.29, 1.82) is 0 Å². The molecule has 0 amide bonds. The van der Waals surface area contributed by atoms with Crippen molar-refractivity contribution >= 4 is 21.6 Å². The Labute approximate surface area is 123 Å². The van der Waals surface area contributed by atoms with Gasteiger partial charge in [0.2, 0.25) is 0 Å². The van der Waals surface area contributed by atoms with Gasteiger partial charge in [-0.1, -0.05) is 48.0 Å². The number of rotatable bonds is 4. The first-order valence-electron chi connectivity index (χ1n) is 6.15. The van der Waals surface area contributed by atoms with Crippen molar-refractivity contribution in [2.24, 2.45) is 0 Å². The summed E-state index contributed by atoms with van der Waals surface area (Å²) in [5, 5.41) is 0. The molecular formula is C15H13N3O2S. The molecule has 6 heteroatoms. The summed E-state index contributed by atoms with van der Waals surface area (Å²) in [6, 6.07) is 15.1. The van der Waals surface area contributed by atoms with Gasteiger partial charge >= 0.3 is 5.87 Å². The number of nitrogens with zero attached hydrogens (tertiary/aromatic N) is 2. The molecule has 0 saturated carbocycles. The number of hydrogen-bond donors (Lipinski definition) is 1. The molecule has 0 radical (unpaired) electrons. The highest BCUT2D eigenvalue weighted by Gasteiger charge is 2.17. The molecule has 5 nitrogen and oxygen atoms in total. The molecule has 0 aliphatic heterocycles. The molecule has 0 bridgehead atoms. The van der Waals surface area contributed by atoms with Crippen LogP contribution in [0.1, 0.15) is 11.1 Å². The first kappa shape index (κ1) is 14.8. The van der Waals surface area contributed by atoms with E-state index in [0.29, 0.717) is 5.56 Å². The molecule has 0 aliphatic carbocycles. The molecule has 0 fully saturated rings. The van der Waals surface area contributed by atoms with Crippen molar-refractivity contribution in [3.8, 4) is 0 Å². The van der Waals surface area contributed by atoms with Gasteiger partial charge in [-0.2, -0.15) is 0 Å². The zero-order valence-electron chi connectivity index (χ0n) is 11.3. The van der Waals surface area contributed by atoms with Gasteiger partial charge in [0.25, 0.3) is 10.0 Å². The third-order valence-electron chi connectivity index (χ3n) is 2.79. The molecule has 0 aromatic heterocycles. The zero-order valence-corrected chi connectivity index (χ0v) is 12.1. The van der Waals surface area contributed by atoms with Gasteiger partial charge in [0, 0.05) is 5.56 Å². The minimum Gasteiger partial charge on any atom is -0.348 e. The first-order valence-corrected chi connectivity index (χ1v) is 7.63. The van der Waals surface area contributed by atoms with Crippen molar-refractivity contribution in [1.82, 2.24) is 4.72 Å². The fraction of sp³-hybridized carbons (Fsp3) is 0.0667. The van der Waals surface area contributed by atoms with Crippen LogP contribution in [0.3, 0.4) is 0 Å². The Bertz CT molecular complexity index is 815. The zero-order chi connectivity index (χ0) is 15.3. The fourth-order valence-corrected chi connectivity index (χ4v) is 2.76. The van der Waals surface area contributed by atoms with Crippen LogP contribution < -0.4 is 4.72 Å². The lowest BCUT2D eigenvalue weighted by atomic mass is 10.2. The van der Waals surface area contributed by atoms with Gasteiger partial charge in [-0.15, -0.1) is 4.79 Å². The van der Waals surface area contributed by atoms with E-state index in [1.54, 1.807) is 42.5 Å². The standard InChI is InChI=1S/C15H13N3O2S/c1-12-7-9-14(10-8-12)21(19,20)18-15(11-17-16)13-5-3-2-4-6-13/h2-10,18H,1H3. The van der Waals surface area contributed by atoms with Crippen molar-refractivity contribution in [3.05, 3.63) is 71.3 Å². The van der Waals surface area contributed by atoms with E-state index in [1.165, 1.54) is 12.1 Å². The van der Waals surface area contributed by atoms with Gasteiger partial charge in [-0.3, -0.25) is 4.72 Å². The minimum atomic E-state index is -3.77. The summed E-state index contributed by atoms with van der Waals surface area (Å²) in [4.78, 5) is 2.92. The van der Waals surface area contributed by atoms with Crippen LogP contribution in [0.5, 0.6) is 0 Å². The Morgan fingerprint density at radius 1 is 1.10 bits per heavy atom. The molecule has 0 spiro atoms. The lowest BCUT2D eigenvalue weighted by Crippen LogP contribution is -2.22. The van der Waals surface area contributed by atoms with Crippen molar-refractivity contribution in [2.75, 3.05) is 0 Å². The van der Waals surface area contributed by atoms with Gasteiger partial charge < -0.3 is 5.53 Å². The Hall–Kier alpha value is -2.65. The number of benzene rings is 2. The van der Waals surface area contributed by atoms with Crippen molar-refractivity contribution in [2.45, 2.75) is 11.8 Å². The van der Waals surface area contributed by atoms with E-state index in [1.807, 2.05) is 6.92 Å². The maximum absolute atomic E-state index is 12.3. The topological polar surface area (TPSA) is 82.6 Å². The second kappa shape index (κ2) is 6.20. The average Bonchev–Trinajstić information content (AvgIpc) is 2.48. The van der Waals surface area contributed by atoms with E-state index in [2.05, 4.69) is 15.4 Å². The van der Waals surface area contributed by atoms with E-state index in [0.717, 1.165) is 5.56 Å². The van der Waals surface area contributed by atoms with Gasteiger partial charge in [-0.05, 0) is 19.1 Å². The summed E-state index contributed by atoms with van der Waals surface area (Å²) >= 11 is 0. The number of aryl methyl sites for hydroxylation is 1. The molecular weight excluding hydrogens is 286 g/mol. The molecule has 2 aromatic rings. The highest BCUT2D eigenvalue weighted by molar-refractivity contribution is 7.89. The summed E-state index contributed by atoms with van der Waals surface area (Å²) in [6.45, 7) is 1.87. The average molecular weight is 299 g/mol. The SMILES string of the molecule is Cc1ccc(S(=O)(=O)NC(=C=[N+]=[N-])c2ccccc2)cc1. The van der Waals surface area contributed by atoms with Crippen LogP contribution in [0.25, 0.3) is 11.2 Å². The van der Waals surface area contributed by atoms with Gasteiger partial charge in [0.15, 0.2) is 5.70 Å². The second-order valence-electron chi connectivity index (χ2n) is 4.37. The fourth-order valence-electron chi connectivity index (χ4n) is 1.71. The van der Waals surface area contributed by atoms with E-state index in [-0.39, 0.29) is 10.6 Å². The van der Waals surface area contributed by atoms with Crippen LogP contribution in [0.4, 0.5) is 0 Å². The van der Waals surface area contributed by atoms with E-state index >= 15 is 0 Å². The third-order valence-corrected chi connectivity index (χ3v) is 4.16. The molecule has 0 aliphatic rings. The van der Waals surface area contributed by atoms with Crippen LogP contribution in [0.2, 0.25) is 0 Å². The largest absolute Gasteiger partial charge is 0.348 e. The summed E-state index contributed by atoms with van der Waals surface area (Å²) in [5.41, 5.74) is 10.2. The van der Waals surface area contributed by atoms with Crippen LogP contribution in [0, 0.1) is 6.92 Å². The highest BCUT2D eigenvalue weighted by Crippen LogP contribution is 2.14. The first-order chi connectivity index (χ1) is 10.0. The maximum Gasteiger partial charge on any atom is 0.327 e. The lowest BCUT2D eigenvalue weighted by molar-refractivity contribution is 0.00826. The Morgan fingerprint density at radius 3 is 2.29 bits per heavy atom. The number of sulfonamides is 1. The second-order valence-corrected chi connectivity index (χ2v) is 6.05. The molecule has 1 N–H and O–H groups in total. The van der Waals surface area contributed by atoms with Gasteiger partial charge in [0.05, 0.1) is 4.90 Å². The van der Waals surface area contributed by atoms with E-state index in [9.17, 15) is 8.42 Å². The van der Waals surface area contributed by atoms with Crippen LogP contribution >= 0.6 is 0 Å². The van der Waals surface area contributed by atoms with Crippen LogP contribution in [-0.4, -0.2) is 19.1 Å². The molecule has 2 aromatic carbocycles. The molecule has 21 heavy (non-hydrogen) atoms. The normalized spacial score (nSPS) is 10.3. The molecule has 106 valence electrons. The smallest absolute Gasteiger partial charge is 0.327 e. The molecule has 0 heterocycles. The van der Waals surface area contributed by atoms with E-state index < -0.39 is 10.0 Å². The molecule has 0 saturated heterocycles. The summed E-state index contributed by atoms with van der Waals surface area (Å²) in [6.07, 6.45) is 0. The summed E-state index contributed by atoms with van der Waals surface area (Å²) in [7, 11) is -3.77. The predicted octanol–water partition coefficient (Wildman–Crippen LogP) is 2.21. The summed E-state index contributed by atoms with van der Waals surface area (Å²) in [5.74, 6) is 2.24. The lowest BCUT2D eigenvalue weighted by Gasteiger charge is -2.08. The van der Waals surface area contributed by atoms with Gasteiger partial charge in [0.1, 0.15) is 0 Å². The van der Waals surface area contributed by atoms with E-state index in [4.69, 9.17) is 5.53 Å². The Balaban J connectivity index is 2.40. The quantitative estimate of drug-likeness (QED) is 0.533. The Morgan fingerprint density at radius 2 is 1.71 bits per heavy atom. The predicted molar refractivity (Wildman–Crippen MR) is 80.0 cm³/mol. The van der Waals surface area contributed by atoms with Gasteiger partial charge in [-0.25, -0.2) is 8.42 Å². The van der Waals surface area contributed by atoms with Crippen molar-refractivity contribution < 1.29 is 13.2 Å². The van der Waals surface area contributed by atoms with Crippen LogP contribution in [0.15, 0.2) is 59.5 Å². The monoisotopic (exact) mass is 299 g/mol. The number of nitrogens with one attached hydrogen (secondary N) is 1. The maximum atomic E-state index is 12.3. The summed E-state index contributed by atoms with van der Waals surface area (Å²) < 4.78 is 27.0. The molecule has 2 rings (SSSR count).